The van der Waals surface area contributed by atoms with Gasteiger partial charge in [0.25, 0.3) is 5.91 Å². The fraction of sp³-hybridized carbons (Fsp3) is 0.158. The third-order valence-electron chi connectivity index (χ3n) is 3.75. The van der Waals surface area contributed by atoms with Gasteiger partial charge >= 0.3 is 0 Å². The Balaban J connectivity index is 1.47. The summed E-state index contributed by atoms with van der Waals surface area (Å²) in [5, 5.41) is 7.71. The minimum Gasteiger partial charge on any atom is -0.459 e. The van der Waals surface area contributed by atoms with E-state index in [9.17, 15) is 9.59 Å². The Labute approximate surface area is 139 Å². The van der Waals surface area contributed by atoms with E-state index in [1.54, 1.807) is 12.1 Å². The lowest BCUT2D eigenvalue weighted by atomic mass is 10.0. The zero-order chi connectivity index (χ0) is 16.8. The molecule has 0 unspecified atom stereocenters. The van der Waals surface area contributed by atoms with Crippen LogP contribution in [0.15, 0.2) is 65.3 Å². The van der Waals surface area contributed by atoms with Crippen molar-refractivity contribution >= 4 is 22.6 Å². The van der Waals surface area contributed by atoms with Gasteiger partial charge in [0.2, 0.25) is 5.91 Å². The Morgan fingerprint density at radius 3 is 2.58 bits per heavy atom. The molecule has 0 aliphatic rings. The molecule has 0 spiro atoms. The molecule has 1 aromatic heterocycles. The number of hydrogen-bond acceptors (Lipinski definition) is 3. The zero-order valence-electron chi connectivity index (χ0n) is 13.1. The van der Waals surface area contributed by atoms with E-state index in [1.165, 1.54) is 22.6 Å². The van der Waals surface area contributed by atoms with Crippen molar-refractivity contribution in [3.05, 3.63) is 72.2 Å². The van der Waals surface area contributed by atoms with Crippen LogP contribution >= 0.6 is 0 Å². The standard InChI is InChI=1S/C19H18N2O3/c22-18(13-21-19(23)17-9-4-12-24-17)20-11-10-15-7-3-6-14-5-1-2-8-16(14)15/h1-9,12H,10-11,13H2,(H,20,22)(H,21,23). The maximum atomic E-state index is 11.8. The Bertz CT molecular complexity index is 835. The molecule has 5 nitrogen and oxygen atoms in total. The summed E-state index contributed by atoms with van der Waals surface area (Å²) in [6.07, 6.45) is 2.15. The van der Waals surface area contributed by atoms with Crippen LogP contribution in [-0.4, -0.2) is 24.9 Å². The van der Waals surface area contributed by atoms with Gasteiger partial charge in [-0.15, -0.1) is 0 Å². The number of furan rings is 1. The highest BCUT2D eigenvalue weighted by atomic mass is 16.3. The van der Waals surface area contributed by atoms with Crippen LogP contribution in [0.5, 0.6) is 0 Å². The number of hydrogen-bond donors (Lipinski definition) is 2. The van der Waals surface area contributed by atoms with E-state index in [0.717, 1.165) is 6.42 Å². The summed E-state index contributed by atoms with van der Waals surface area (Å²) in [4.78, 5) is 23.5. The molecule has 24 heavy (non-hydrogen) atoms. The molecule has 0 aliphatic carbocycles. The van der Waals surface area contributed by atoms with Crippen molar-refractivity contribution in [2.75, 3.05) is 13.1 Å². The predicted octanol–water partition coefficient (Wildman–Crippen LogP) is 2.52. The molecule has 2 amide bonds. The second-order valence-corrected chi connectivity index (χ2v) is 5.40. The summed E-state index contributed by atoms with van der Waals surface area (Å²) in [6, 6.07) is 17.5. The van der Waals surface area contributed by atoms with E-state index in [2.05, 4.69) is 34.9 Å². The van der Waals surface area contributed by atoms with Gasteiger partial charge in [-0.25, -0.2) is 0 Å². The largest absolute Gasteiger partial charge is 0.459 e. The van der Waals surface area contributed by atoms with Crippen LogP contribution < -0.4 is 10.6 Å². The maximum absolute atomic E-state index is 11.8. The molecular formula is C19H18N2O3. The van der Waals surface area contributed by atoms with Crippen molar-refractivity contribution in [2.45, 2.75) is 6.42 Å². The molecule has 122 valence electrons. The number of amides is 2. The molecule has 5 heteroatoms. The summed E-state index contributed by atoms with van der Waals surface area (Å²) in [7, 11) is 0. The quantitative estimate of drug-likeness (QED) is 0.732. The van der Waals surface area contributed by atoms with Crippen LogP contribution in [0.3, 0.4) is 0 Å². The van der Waals surface area contributed by atoms with Crippen LogP contribution in [0.1, 0.15) is 16.1 Å². The molecule has 0 fully saturated rings. The minimum atomic E-state index is -0.399. The SMILES string of the molecule is O=C(CNC(=O)c1ccco1)NCCc1cccc2ccccc12. The van der Waals surface area contributed by atoms with Crippen molar-refractivity contribution in [1.82, 2.24) is 10.6 Å². The topological polar surface area (TPSA) is 71.3 Å². The van der Waals surface area contributed by atoms with Crippen molar-refractivity contribution in [1.29, 1.82) is 0 Å². The van der Waals surface area contributed by atoms with Gasteiger partial charge in [0.05, 0.1) is 12.8 Å². The molecule has 3 aromatic rings. The molecule has 0 bridgehead atoms. The lowest BCUT2D eigenvalue weighted by molar-refractivity contribution is -0.120. The van der Waals surface area contributed by atoms with E-state index < -0.39 is 5.91 Å². The van der Waals surface area contributed by atoms with Crippen LogP contribution in [-0.2, 0) is 11.2 Å². The van der Waals surface area contributed by atoms with Gasteiger partial charge < -0.3 is 15.1 Å². The Morgan fingerprint density at radius 1 is 0.917 bits per heavy atom. The minimum absolute atomic E-state index is 0.0743. The highest BCUT2D eigenvalue weighted by molar-refractivity contribution is 5.94. The summed E-state index contributed by atoms with van der Waals surface area (Å²) in [5.41, 5.74) is 1.19. The molecular weight excluding hydrogens is 304 g/mol. The third kappa shape index (κ3) is 3.81. The lowest BCUT2D eigenvalue weighted by Gasteiger charge is -2.08. The first-order chi connectivity index (χ1) is 11.7. The third-order valence-corrected chi connectivity index (χ3v) is 3.75. The average molecular weight is 322 g/mol. The van der Waals surface area contributed by atoms with Crippen molar-refractivity contribution in [2.24, 2.45) is 0 Å². The highest BCUT2D eigenvalue weighted by Gasteiger charge is 2.10. The summed E-state index contributed by atoms with van der Waals surface area (Å²) >= 11 is 0. The normalized spacial score (nSPS) is 10.5. The molecule has 0 saturated heterocycles. The Hall–Kier alpha value is -3.08. The lowest BCUT2D eigenvalue weighted by Crippen LogP contribution is -2.37. The number of carbonyl (C=O) groups excluding carboxylic acids is 2. The van der Waals surface area contributed by atoms with Gasteiger partial charge in [-0.1, -0.05) is 42.5 Å². The van der Waals surface area contributed by atoms with Crippen LogP contribution in [0.25, 0.3) is 10.8 Å². The number of nitrogens with one attached hydrogen (secondary N) is 2. The maximum Gasteiger partial charge on any atom is 0.287 e. The average Bonchev–Trinajstić information content (AvgIpc) is 3.14. The molecule has 0 radical (unpaired) electrons. The molecule has 0 atom stereocenters. The fourth-order valence-electron chi connectivity index (χ4n) is 2.57. The van der Waals surface area contributed by atoms with Gasteiger partial charge in [-0.3, -0.25) is 9.59 Å². The number of benzene rings is 2. The molecule has 2 N–H and O–H groups in total. The predicted molar refractivity (Wildman–Crippen MR) is 91.7 cm³/mol. The Morgan fingerprint density at radius 2 is 1.75 bits per heavy atom. The van der Waals surface area contributed by atoms with E-state index in [-0.39, 0.29) is 18.2 Å². The van der Waals surface area contributed by atoms with Gasteiger partial charge in [0.15, 0.2) is 5.76 Å². The van der Waals surface area contributed by atoms with Gasteiger partial charge in [0.1, 0.15) is 0 Å². The second kappa shape index (κ2) is 7.46. The molecule has 3 rings (SSSR count). The number of carbonyl (C=O) groups is 2. The van der Waals surface area contributed by atoms with E-state index >= 15 is 0 Å². The summed E-state index contributed by atoms with van der Waals surface area (Å²) < 4.78 is 4.96. The second-order valence-electron chi connectivity index (χ2n) is 5.40. The first kappa shape index (κ1) is 15.8. The van der Waals surface area contributed by atoms with Gasteiger partial charge in [-0.05, 0) is 34.9 Å². The molecule has 2 aromatic carbocycles. The van der Waals surface area contributed by atoms with E-state index in [4.69, 9.17) is 4.42 Å². The molecule has 0 saturated carbocycles. The van der Waals surface area contributed by atoms with Crippen molar-refractivity contribution < 1.29 is 14.0 Å². The number of fused-ring (bicyclic) bond motifs is 1. The summed E-state index contributed by atoms with van der Waals surface area (Å²) in [5.74, 6) is -0.432. The number of rotatable bonds is 6. The zero-order valence-corrected chi connectivity index (χ0v) is 13.1. The van der Waals surface area contributed by atoms with Crippen LogP contribution in [0, 0.1) is 0 Å². The summed E-state index contributed by atoms with van der Waals surface area (Å²) in [6.45, 7) is 0.443. The highest BCUT2D eigenvalue weighted by Crippen LogP contribution is 2.18. The first-order valence-corrected chi connectivity index (χ1v) is 7.79. The van der Waals surface area contributed by atoms with Crippen molar-refractivity contribution in [3.63, 3.8) is 0 Å². The molecule has 1 heterocycles. The van der Waals surface area contributed by atoms with E-state index in [0.29, 0.717) is 6.54 Å². The van der Waals surface area contributed by atoms with Gasteiger partial charge in [-0.2, -0.15) is 0 Å². The first-order valence-electron chi connectivity index (χ1n) is 7.79. The fourth-order valence-corrected chi connectivity index (χ4v) is 2.57. The van der Waals surface area contributed by atoms with Crippen LogP contribution in [0.4, 0.5) is 0 Å². The molecule has 0 aliphatic heterocycles. The van der Waals surface area contributed by atoms with Crippen molar-refractivity contribution in [3.8, 4) is 0 Å². The smallest absolute Gasteiger partial charge is 0.287 e. The Kier molecular flexibility index (Phi) is 4.91. The van der Waals surface area contributed by atoms with E-state index in [1.807, 2.05) is 18.2 Å². The van der Waals surface area contributed by atoms with Gasteiger partial charge in [0, 0.05) is 6.54 Å². The monoisotopic (exact) mass is 322 g/mol. The van der Waals surface area contributed by atoms with Crippen LogP contribution in [0.2, 0.25) is 0 Å².